The molecule has 7 heteroatoms. The molecule has 2 rings (SSSR count). The Labute approximate surface area is 171 Å². The summed E-state index contributed by atoms with van der Waals surface area (Å²) in [6, 6.07) is 13.0. The Balaban J connectivity index is 2.17. The Bertz CT molecular complexity index is 882. The molecular weight excluding hydrogens is 368 g/mol. The number of nitrogens with two attached hydrogens (primary N) is 1. The standard InChI is InChI=1S/C22H28N4O3/c1-4-15(3)24-21(28)17-11-7-8-12-18(17)25-20(27)13-19(26-22(23)29)16-10-6-5-9-14(16)2/h5-12,15,19H,4,13H2,1-3H3,(H,24,28)(H,25,27)(H3,23,26,29)/t15-,19-/m0/s1. The number of benzene rings is 2. The second kappa shape index (κ2) is 10.3. The summed E-state index contributed by atoms with van der Waals surface area (Å²) in [6.45, 7) is 5.80. The molecule has 2 atom stereocenters. The Morgan fingerprint density at radius 3 is 2.31 bits per heavy atom. The van der Waals surface area contributed by atoms with Gasteiger partial charge in [0.2, 0.25) is 5.91 Å². The van der Waals surface area contributed by atoms with Crippen LogP contribution >= 0.6 is 0 Å². The molecule has 2 aromatic rings. The van der Waals surface area contributed by atoms with Crippen molar-refractivity contribution in [3.8, 4) is 0 Å². The van der Waals surface area contributed by atoms with Gasteiger partial charge in [-0.05, 0) is 43.5 Å². The molecular formula is C22H28N4O3. The number of amides is 4. The lowest BCUT2D eigenvalue weighted by Gasteiger charge is -2.20. The average Bonchev–Trinajstić information content (AvgIpc) is 2.67. The largest absolute Gasteiger partial charge is 0.352 e. The van der Waals surface area contributed by atoms with Crippen LogP contribution in [0.4, 0.5) is 10.5 Å². The van der Waals surface area contributed by atoms with Gasteiger partial charge in [0.05, 0.1) is 23.7 Å². The molecule has 0 heterocycles. The topological polar surface area (TPSA) is 113 Å². The zero-order valence-electron chi connectivity index (χ0n) is 17.0. The first-order valence-corrected chi connectivity index (χ1v) is 9.63. The number of hydrogen-bond donors (Lipinski definition) is 4. The van der Waals surface area contributed by atoms with E-state index in [9.17, 15) is 14.4 Å². The predicted octanol–water partition coefficient (Wildman–Crippen LogP) is 3.26. The summed E-state index contributed by atoms with van der Waals surface area (Å²) in [5.41, 5.74) is 7.85. The number of hydrogen-bond acceptors (Lipinski definition) is 3. The van der Waals surface area contributed by atoms with Gasteiger partial charge in [-0.3, -0.25) is 9.59 Å². The summed E-state index contributed by atoms with van der Waals surface area (Å²) in [4.78, 5) is 36.7. The number of carbonyl (C=O) groups is 3. The maximum Gasteiger partial charge on any atom is 0.312 e. The molecule has 2 aromatic carbocycles. The molecule has 0 aliphatic heterocycles. The minimum atomic E-state index is -0.709. The van der Waals surface area contributed by atoms with Gasteiger partial charge in [0, 0.05) is 6.04 Å². The first-order valence-electron chi connectivity index (χ1n) is 9.63. The molecule has 0 aromatic heterocycles. The number of nitrogens with one attached hydrogen (secondary N) is 3. The van der Waals surface area contributed by atoms with Crippen LogP contribution in [0.3, 0.4) is 0 Å². The molecule has 0 bridgehead atoms. The normalized spacial score (nSPS) is 12.5. The third-order valence-corrected chi connectivity index (χ3v) is 4.71. The quantitative estimate of drug-likeness (QED) is 0.549. The van der Waals surface area contributed by atoms with Gasteiger partial charge in [-0.2, -0.15) is 0 Å². The van der Waals surface area contributed by atoms with Gasteiger partial charge in [0.25, 0.3) is 5.91 Å². The first kappa shape index (κ1) is 21.9. The van der Waals surface area contributed by atoms with Crippen molar-refractivity contribution in [1.82, 2.24) is 10.6 Å². The van der Waals surface area contributed by atoms with Crippen molar-refractivity contribution in [2.45, 2.75) is 45.7 Å². The van der Waals surface area contributed by atoms with Crippen LogP contribution in [-0.4, -0.2) is 23.9 Å². The molecule has 0 saturated carbocycles. The van der Waals surface area contributed by atoms with Gasteiger partial charge in [-0.1, -0.05) is 43.3 Å². The second-order valence-corrected chi connectivity index (χ2v) is 7.00. The highest BCUT2D eigenvalue weighted by atomic mass is 16.2. The highest BCUT2D eigenvalue weighted by molar-refractivity contribution is 6.04. The van der Waals surface area contributed by atoms with Crippen molar-refractivity contribution in [2.75, 3.05) is 5.32 Å². The van der Waals surface area contributed by atoms with E-state index in [-0.39, 0.29) is 24.3 Å². The fraction of sp³-hybridized carbons (Fsp3) is 0.318. The van der Waals surface area contributed by atoms with Crippen molar-refractivity contribution >= 4 is 23.5 Å². The Hall–Kier alpha value is -3.35. The Morgan fingerprint density at radius 1 is 1.00 bits per heavy atom. The van der Waals surface area contributed by atoms with Gasteiger partial charge in [-0.15, -0.1) is 0 Å². The van der Waals surface area contributed by atoms with E-state index in [0.717, 1.165) is 17.5 Å². The molecule has 0 spiro atoms. The van der Waals surface area contributed by atoms with Crippen LogP contribution < -0.4 is 21.7 Å². The number of primary amides is 1. The van der Waals surface area contributed by atoms with Gasteiger partial charge >= 0.3 is 6.03 Å². The number of aryl methyl sites for hydroxylation is 1. The summed E-state index contributed by atoms with van der Waals surface area (Å²) >= 11 is 0. The summed E-state index contributed by atoms with van der Waals surface area (Å²) < 4.78 is 0. The number of carbonyl (C=O) groups excluding carboxylic acids is 3. The zero-order valence-corrected chi connectivity index (χ0v) is 17.0. The maximum absolute atomic E-state index is 12.7. The van der Waals surface area contributed by atoms with Crippen LogP contribution in [0, 0.1) is 6.92 Å². The number of para-hydroxylation sites is 1. The minimum Gasteiger partial charge on any atom is -0.352 e. The summed E-state index contributed by atoms with van der Waals surface area (Å²) in [7, 11) is 0. The molecule has 0 fully saturated rings. The molecule has 0 unspecified atom stereocenters. The van der Waals surface area contributed by atoms with Crippen molar-refractivity contribution in [3.05, 3.63) is 65.2 Å². The van der Waals surface area contributed by atoms with Gasteiger partial charge in [-0.25, -0.2) is 4.79 Å². The number of rotatable bonds is 8. The van der Waals surface area contributed by atoms with Crippen LogP contribution in [0.2, 0.25) is 0 Å². The molecule has 154 valence electrons. The molecule has 7 nitrogen and oxygen atoms in total. The second-order valence-electron chi connectivity index (χ2n) is 7.00. The van der Waals surface area contributed by atoms with E-state index in [1.807, 2.05) is 45.0 Å². The van der Waals surface area contributed by atoms with Gasteiger partial charge < -0.3 is 21.7 Å². The molecule has 0 saturated heterocycles. The third kappa shape index (κ3) is 6.34. The molecule has 0 radical (unpaired) electrons. The summed E-state index contributed by atoms with van der Waals surface area (Å²) in [5.74, 6) is -0.586. The monoisotopic (exact) mass is 396 g/mol. The molecule has 4 amide bonds. The summed E-state index contributed by atoms with van der Waals surface area (Å²) in [6.07, 6.45) is 0.784. The van der Waals surface area contributed by atoms with Crippen molar-refractivity contribution < 1.29 is 14.4 Å². The average molecular weight is 396 g/mol. The van der Waals surface area contributed by atoms with E-state index in [2.05, 4.69) is 16.0 Å². The zero-order chi connectivity index (χ0) is 21.4. The fourth-order valence-electron chi connectivity index (χ4n) is 2.97. The predicted molar refractivity (Wildman–Crippen MR) is 114 cm³/mol. The molecule has 0 aliphatic rings. The molecule has 0 aliphatic carbocycles. The fourth-order valence-corrected chi connectivity index (χ4v) is 2.97. The Morgan fingerprint density at radius 2 is 1.66 bits per heavy atom. The van der Waals surface area contributed by atoms with Gasteiger partial charge in [0.15, 0.2) is 0 Å². The lowest BCUT2D eigenvalue weighted by Crippen LogP contribution is -2.36. The van der Waals surface area contributed by atoms with E-state index in [0.29, 0.717) is 11.3 Å². The van der Waals surface area contributed by atoms with Crippen LogP contribution in [0.25, 0.3) is 0 Å². The number of urea groups is 1. The van der Waals surface area contributed by atoms with Crippen molar-refractivity contribution in [1.29, 1.82) is 0 Å². The molecule has 5 N–H and O–H groups in total. The highest BCUT2D eigenvalue weighted by Crippen LogP contribution is 2.22. The smallest absolute Gasteiger partial charge is 0.312 e. The van der Waals surface area contributed by atoms with Crippen molar-refractivity contribution in [2.24, 2.45) is 5.73 Å². The van der Waals surface area contributed by atoms with Crippen LogP contribution in [0.15, 0.2) is 48.5 Å². The molecule has 29 heavy (non-hydrogen) atoms. The first-order chi connectivity index (χ1) is 13.8. The van der Waals surface area contributed by atoms with Crippen LogP contribution in [0.5, 0.6) is 0 Å². The van der Waals surface area contributed by atoms with Crippen LogP contribution in [-0.2, 0) is 4.79 Å². The maximum atomic E-state index is 12.7. The van der Waals surface area contributed by atoms with Crippen LogP contribution in [0.1, 0.15) is 54.2 Å². The van der Waals surface area contributed by atoms with E-state index >= 15 is 0 Å². The Kier molecular flexibility index (Phi) is 7.77. The van der Waals surface area contributed by atoms with E-state index in [1.54, 1.807) is 24.3 Å². The van der Waals surface area contributed by atoms with Gasteiger partial charge in [0.1, 0.15) is 0 Å². The highest BCUT2D eigenvalue weighted by Gasteiger charge is 2.21. The summed E-state index contributed by atoms with van der Waals surface area (Å²) in [5, 5.41) is 8.30. The van der Waals surface area contributed by atoms with E-state index in [1.165, 1.54) is 0 Å². The lowest BCUT2D eigenvalue weighted by atomic mass is 9.98. The third-order valence-electron chi connectivity index (χ3n) is 4.71. The van der Waals surface area contributed by atoms with E-state index in [4.69, 9.17) is 5.73 Å². The van der Waals surface area contributed by atoms with E-state index < -0.39 is 12.1 Å². The lowest BCUT2D eigenvalue weighted by molar-refractivity contribution is -0.116. The number of anilines is 1. The van der Waals surface area contributed by atoms with Crippen molar-refractivity contribution in [3.63, 3.8) is 0 Å². The SMILES string of the molecule is CC[C@H](C)NC(=O)c1ccccc1NC(=O)C[C@H](NC(N)=O)c1ccccc1C. The minimum absolute atomic E-state index is 0.0187.